The molecule has 0 unspecified atom stereocenters. The van der Waals surface area contributed by atoms with Crippen LogP contribution in [0.2, 0.25) is 0 Å². The topological polar surface area (TPSA) is 119 Å². The van der Waals surface area contributed by atoms with Gasteiger partial charge in [0.15, 0.2) is 0 Å². The van der Waals surface area contributed by atoms with E-state index in [-0.39, 0.29) is 11.8 Å². The minimum Gasteiger partial charge on any atom is -0.369 e. The Balaban J connectivity index is 1.49. The molecule has 3 rings (SSSR count). The van der Waals surface area contributed by atoms with Gasteiger partial charge in [-0.3, -0.25) is 14.4 Å². The molecule has 0 bridgehead atoms. The van der Waals surface area contributed by atoms with Crippen molar-refractivity contribution in [3.8, 4) is 0 Å². The van der Waals surface area contributed by atoms with Crippen LogP contribution < -0.4 is 16.8 Å². The van der Waals surface area contributed by atoms with Crippen LogP contribution in [-0.2, 0) is 15.0 Å². The minimum absolute atomic E-state index is 0.156. The normalized spacial score (nSPS) is 16.0. The first-order chi connectivity index (χ1) is 14.4. The predicted molar refractivity (Wildman–Crippen MR) is 116 cm³/mol. The van der Waals surface area contributed by atoms with Gasteiger partial charge in [-0.15, -0.1) is 0 Å². The van der Waals surface area contributed by atoms with E-state index in [4.69, 9.17) is 11.5 Å². The van der Waals surface area contributed by atoms with Gasteiger partial charge in [-0.25, -0.2) is 0 Å². The molecular formula is C23H28N4O3. The molecule has 2 aromatic rings. The number of para-hydroxylation sites is 1. The number of hydrogen-bond acceptors (Lipinski definition) is 4. The van der Waals surface area contributed by atoms with E-state index in [1.165, 1.54) is 0 Å². The molecule has 158 valence electrons. The summed E-state index contributed by atoms with van der Waals surface area (Å²) < 4.78 is 0. The molecule has 1 aliphatic heterocycles. The molecule has 0 aromatic heterocycles. The molecule has 5 N–H and O–H groups in total. The van der Waals surface area contributed by atoms with Crippen LogP contribution in [0, 0.1) is 0 Å². The molecule has 1 fully saturated rings. The van der Waals surface area contributed by atoms with Crippen molar-refractivity contribution in [2.75, 3.05) is 25.0 Å². The van der Waals surface area contributed by atoms with Crippen molar-refractivity contribution in [2.45, 2.75) is 31.1 Å². The third-order valence-corrected chi connectivity index (χ3v) is 5.85. The highest BCUT2D eigenvalue weighted by atomic mass is 16.2. The van der Waals surface area contributed by atoms with Crippen molar-refractivity contribution < 1.29 is 14.4 Å². The lowest BCUT2D eigenvalue weighted by atomic mass is 9.72. The summed E-state index contributed by atoms with van der Waals surface area (Å²) in [4.78, 5) is 38.2. The Morgan fingerprint density at radius 1 is 0.933 bits per heavy atom. The number of amides is 3. The summed E-state index contributed by atoms with van der Waals surface area (Å²) in [6, 6.07) is 16.4. The molecule has 7 nitrogen and oxygen atoms in total. The van der Waals surface area contributed by atoms with E-state index in [9.17, 15) is 14.4 Å². The van der Waals surface area contributed by atoms with Crippen LogP contribution in [0.1, 0.15) is 41.6 Å². The molecule has 0 atom stereocenters. The Hall–Kier alpha value is -3.19. The van der Waals surface area contributed by atoms with E-state index in [0.717, 1.165) is 25.2 Å². The molecule has 2 aromatic carbocycles. The Labute approximate surface area is 176 Å². The standard InChI is InChI=1S/C23H28N4O3/c24-21(29)18-9-4-5-10-19(18)26-20(28)11-6-14-27-15-12-23(13-16-27,22(25)30)17-7-2-1-3-8-17/h1-5,7-10H,6,11-16H2,(H2,24,29)(H2,25,30)(H,26,28). The number of primary amides is 2. The van der Waals surface area contributed by atoms with Crippen LogP contribution in [0.4, 0.5) is 5.69 Å². The third kappa shape index (κ3) is 4.86. The number of carbonyl (C=O) groups is 3. The average molecular weight is 409 g/mol. The summed E-state index contributed by atoms with van der Waals surface area (Å²) in [5.41, 5.74) is 12.2. The second kappa shape index (κ2) is 9.54. The third-order valence-electron chi connectivity index (χ3n) is 5.85. The number of likely N-dealkylation sites (tertiary alicyclic amines) is 1. The van der Waals surface area contributed by atoms with Gasteiger partial charge in [0.05, 0.1) is 16.7 Å². The second-order valence-corrected chi connectivity index (χ2v) is 7.72. The van der Waals surface area contributed by atoms with E-state index in [1.807, 2.05) is 30.3 Å². The summed E-state index contributed by atoms with van der Waals surface area (Å²) >= 11 is 0. The van der Waals surface area contributed by atoms with Crippen LogP contribution in [-0.4, -0.2) is 42.3 Å². The van der Waals surface area contributed by atoms with Crippen LogP contribution >= 0.6 is 0 Å². The highest BCUT2D eigenvalue weighted by Gasteiger charge is 2.41. The molecular weight excluding hydrogens is 380 g/mol. The van der Waals surface area contributed by atoms with Crippen LogP contribution in [0.25, 0.3) is 0 Å². The zero-order valence-electron chi connectivity index (χ0n) is 17.0. The first kappa shape index (κ1) is 21.5. The predicted octanol–water partition coefficient (Wildman–Crippen LogP) is 2.02. The zero-order valence-corrected chi connectivity index (χ0v) is 17.0. The van der Waals surface area contributed by atoms with E-state index >= 15 is 0 Å². The lowest BCUT2D eigenvalue weighted by Crippen LogP contribution is -2.50. The van der Waals surface area contributed by atoms with E-state index in [2.05, 4.69) is 10.2 Å². The van der Waals surface area contributed by atoms with Gasteiger partial charge in [-0.05, 0) is 56.6 Å². The zero-order chi connectivity index (χ0) is 21.6. The van der Waals surface area contributed by atoms with Gasteiger partial charge in [-0.1, -0.05) is 42.5 Å². The Morgan fingerprint density at radius 3 is 2.20 bits per heavy atom. The Morgan fingerprint density at radius 2 is 1.57 bits per heavy atom. The maximum Gasteiger partial charge on any atom is 0.250 e. The monoisotopic (exact) mass is 408 g/mol. The number of piperidine rings is 1. The SMILES string of the molecule is NC(=O)c1ccccc1NC(=O)CCCN1CCC(C(N)=O)(c2ccccc2)CC1. The number of rotatable bonds is 8. The lowest BCUT2D eigenvalue weighted by Gasteiger charge is -2.40. The van der Waals surface area contributed by atoms with Gasteiger partial charge < -0.3 is 21.7 Å². The minimum atomic E-state index is -0.617. The first-order valence-electron chi connectivity index (χ1n) is 10.2. The lowest BCUT2D eigenvalue weighted by molar-refractivity contribution is -0.125. The number of carbonyl (C=O) groups excluding carboxylic acids is 3. The Kier molecular flexibility index (Phi) is 6.84. The fourth-order valence-corrected chi connectivity index (χ4v) is 4.08. The molecule has 7 heteroatoms. The van der Waals surface area contributed by atoms with Crippen molar-refractivity contribution in [1.82, 2.24) is 4.90 Å². The van der Waals surface area contributed by atoms with Gasteiger partial charge >= 0.3 is 0 Å². The van der Waals surface area contributed by atoms with Crippen LogP contribution in [0.3, 0.4) is 0 Å². The second-order valence-electron chi connectivity index (χ2n) is 7.72. The van der Waals surface area contributed by atoms with Gasteiger partial charge in [-0.2, -0.15) is 0 Å². The molecule has 3 amide bonds. The summed E-state index contributed by atoms with van der Waals surface area (Å²) in [6.45, 7) is 2.27. The summed E-state index contributed by atoms with van der Waals surface area (Å²) in [6.07, 6.45) is 2.36. The number of nitrogens with one attached hydrogen (secondary N) is 1. The number of hydrogen-bond donors (Lipinski definition) is 3. The summed E-state index contributed by atoms with van der Waals surface area (Å²) in [5.74, 6) is -1.01. The van der Waals surface area contributed by atoms with Crippen molar-refractivity contribution in [3.05, 3.63) is 65.7 Å². The maximum atomic E-state index is 12.3. The largest absolute Gasteiger partial charge is 0.369 e. The van der Waals surface area contributed by atoms with Crippen molar-refractivity contribution in [3.63, 3.8) is 0 Å². The fourth-order valence-electron chi connectivity index (χ4n) is 4.08. The molecule has 0 radical (unpaired) electrons. The summed E-state index contributed by atoms with van der Waals surface area (Å²) in [5, 5.41) is 2.76. The molecule has 1 aliphatic rings. The average Bonchev–Trinajstić information content (AvgIpc) is 2.75. The van der Waals surface area contributed by atoms with Crippen LogP contribution in [0.5, 0.6) is 0 Å². The smallest absolute Gasteiger partial charge is 0.250 e. The van der Waals surface area contributed by atoms with Gasteiger partial charge in [0.25, 0.3) is 5.91 Å². The highest BCUT2D eigenvalue weighted by Crippen LogP contribution is 2.35. The van der Waals surface area contributed by atoms with E-state index in [1.54, 1.807) is 24.3 Å². The van der Waals surface area contributed by atoms with Gasteiger partial charge in [0.2, 0.25) is 11.8 Å². The molecule has 30 heavy (non-hydrogen) atoms. The molecule has 0 aliphatic carbocycles. The van der Waals surface area contributed by atoms with E-state index < -0.39 is 11.3 Å². The van der Waals surface area contributed by atoms with Gasteiger partial charge in [0.1, 0.15) is 0 Å². The molecule has 1 heterocycles. The van der Waals surface area contributed by atoms with Crippen molar-refractivity contribution >= 4 is 23.4 Å². The van der Waals surface area contributed by atoms with Gasteiger partial charge in [0, 0.05) is 6.42 Å². The van der Waals surface area contributed by atoms with Crippen LogP contribution in [0.15, 0.2) is 54.6 Å². The first-order valence-corrected chi connectivity index (χ1v) is 10.2. The quantitative estimate of drug-likeness (QED) is 0.619. The number of anilines is 1. The maximum absolute atomic E-state index is 12.3. The van der Waals surface area contributed by atoms with E-state index in [0.29, 0.717) is 36.9 Å². The molecule has 1 saturated heterocycles. The summed E-state index contributed by atoms with van der Waals surface area (Å²) in [7, 11) is 0. The molecule has 0 saturated carbocycles. The number of nitrogens with zero attached hydrogens (tertiary/aromatic N) is 1. The number of benzene rings is 2. The fraction of sp³-hybridized carbons (Fsp3) is 0.348. The number of nitrogens with two attached hydrogens (primary N) is 2. The molecule has 0 spiro atoms. The van der Waals surface area contributed by atoms with Crippen molar-refractivity contribution in [1.29, 1.82) is 0 Å². The Bertz CT molecular complexity index is 906. The van der Waals surface area contributed by atoms with Crippen molar-refractivity contribution in [2.24, 2.45) is 11.5 Å². The highest BCUT2D eigenvalue weighted by molar-refractivity contribution is 6.02.